The summed E-state index contributed by atoms with van der Waals surface area (Å²) < 4.78 is 0.859. The van der Waals surface area contributed by atoms with Gasteiger partial charge >= 0.3 is 5.97 Å². The first kappa shape index (κ1) is 15.6. The highest BCUT2D eigenvalue weighted by Crippen LogP contribution is 2.44. The fourth-order valence-electron chi connectivity index (χ4n) is 3.88. The molecule has 2 aliphatic rings. The Morgan fingerprint density at radius 1 is 1.12 bits per heavy atom. The quantitative estimate of drug-likeness (QED) is 0.871. The Morgan fingerprint density at radius 2 is 1.88 bits per heavy atom. The van der Waals surface area contributed by atoms with Crippen LogP contribution in [0.15, 0.2) is 40.9 Å². The normalized spacial score (nSPS) is 23.6. The van der Waals surface area contributed by atoms with Crippen molar-refractivity contribution in [2.45, 2.75) is 12.8 Å². The molecule has 0 unspecified atom stereocenters. The number of carbonyl (C=O) groups excluding carboxylic acids is 1. The van der Waals surface area contributed by atoms with Gasteiger partial charge in [-0.1, -0.05) is 40.2 Å². The summed E-state index contributed by atoms with van der Waals surface area (Å²) in [6, 6.07) is 11.6. The molecular weight excluding hydrogens is 370 g/mol. The zero-order chi connectivity index (χ0) is 16.8. The van der Waals surface area contributed by atoms with Crippen LogP contribution in [0.4, 0.5) is 0 Å². The van der Waals surface area contributed by atoms with Gasteiger partial charge in [0.2, 0.25) is 0 Å². The predicted octanol–water partition coefficient (Wildman–Crippen LogP) is 3.79. The maximum atomic E-state index is 13.1. The van der Waals surface area contributed by atoms with Crippen LogP contribution in [-0.4, -0.2) is 35.0 Å². The number of hydrogen-bond acceptors (Lipinski definition) is 2. The Balaban J connectivity index is 1.68. The van der Waals surface area contributed by atoms with Gasteiger partial charge in [0.1, 0.15) is 0 Å². The second-order valence-electron chi connectivity index (χ2n) is 6.83. The molecule has 5 heteroatoms. The summed E-state index contributed by atoms with van der Waals surface area (Å²) in [7, 11) is 0. The number of carboxylic acid groups (broad SMARTS) is 1. The van der Waals surface area contributed by atoms with Gasteiger partial charge in [0.25, 0.3) is 5.91 Å². The largest absolute Gasteiger partial charge is 0.481 e. The standard InChI is InChI=1S/C19H18BrNO3/c20-13-7-12-3-1-2-4-14(12)15(8-13)18(22)21-9-16(11-5-6-11)17(10-21)19(23)24/h1-4,7-8,11,16-17H,5-6,9-10H2,(H,23,24)/t16-,17+/m1/s1. The van der Waals surface area contributed by atoms with E-state index >= 15 is 0 Å². The van der Waals surface area contributed by atoms with Crippen molar-refractivity contribution in [3.05, 3.63) is 46.4 Å². The minimum atomic E-state index is -0.777. The second kappa shape index (κ2) is 5.88. The molecule has 1 saturated heterocycles. The maximum Gasteiger partial charge on any atom is 0.308 e. The van der Waals surface area contributed by atoms with E-state index in [0.717, 1.165) is 28.1 Å². The van der Waals surface area contributed by atoms with Gasteiger partial charge in [-0.3, -0.25) is 9.59 Å². The lowest BCUT2D eigenvalue weighted by Gasteiger charge is -2.18. The minimum absolute atomic E-state index is 0.0677. The van der Waals surface area contributed by atoms with Crippen LogP contribution in [0.3, 0.4) is 0 Å². The third-order valence-electron chi connectivity index (χ3n) is 5.25. The number of fused-ring (bicyclic) bond motifs is 1. The van der Waals surface area contributed by atoms with Crippen molar-refractivity contribution < 1.29 is 14.7 Å². The van der Waals surface area contributed by atoms with Crippen LogP contribution in [0.25, 0.3) is 10.8 Å². The van der Waals surface area contributed by atoms with Crippen molar-refractivity contribution in [1.29, 1.82) is 0 Å². The molecule has 0 spiro atoms. The van der Waals surface area contributed by atoms with Gasteiger partial charge in [-0.15, -0.1) is 0 Å². The number of aliphatic carboxylic acids is 1. The Hall–Kier alpha value is -1.88. The molecule has 1 heterocycles. The SMILES string of the molecule is O=C(O)[C@H]1CN(C(=O)c2cc(Br)cc3ccccc23)C[C@@H]1C1CC1. The average molecular weight is 388 g/mol. The van der Waals surface area contributed by atoms with Crippen LogP contribution in [-0.2, 0) is 4.79 Å². The first-order valence-corrected chi connectivity index (χ1v) is 9.04. The number of halogens is 1. The molecule has 2 fully saturated rings. The van der Waals surface area contributed by atoms with E-state index in [0.29, 0.717) is 24.6 Å². The highest BCUT2D eigenvalue weighted by molar-refractivity contribution is 9.10. The van der Waals surface area contributed by atoms with E-state index in [4.69, 9.17) is 0 Å². The highest BCUT2D eigenvalue weighted by atomic mass is 79.9. The lowest BCUT2D eigenvalue weighted by molar-refractivity contribution is -0.142. The van der Waals surface area contributed by atoms with Gasteiger partial charge in [-0.25, -0.2) is 0 Å². The number of carboxylic acids is 1. The van der Waals surface area contributed by atoms with Crippen LogP contribution in [0.2, 0.25) is 0 Å². The highest BCUT2D eigenvalue weighted by Gasteiger charge is 2.47. The number of rotatable bonds is 3. The summed E-state index contributed by atoms with van der Waals surface area (Å²) in [4.78, 5) is 26.4. The van der Waals surface area contributed by atoms with Crippen molar-refractivity contribution in [2.75, 3.05) is 13.1 Å². The molecule has 2 aromatic rings. The molecule has 1 aliphatic carbocycles. The van der Waals surface area contributed by atoms with E-state index < -0.39 is 11.9 Å². The third-order valence-corrected chi connectivity index (χ3v) is 5.71. The van der Waals surface area contributed by atoms with E-state index in [9.17, 15) is 14.7 Å². The molecule has 2 aromatic carbocycles. The zero-order valence-corrected chi connectivity index (χ0v) is 14.7. The number of nitrogens with zero attached hydrogens (tertiary/aromatic N) is 1. The Morgan fingerprint density at radius 3 is 2.58 bits per heavy atom. The topological polar surface area (TPSA) is 57.6 Å². The Kier molecular flexibility index (Phi) is 3.83. The van der Waals surface area contributed by atoms with E-state index in [1.807, 2.05) is 36.4 Å². The van der Waals surface area contributed by atoms with E-state index in [1.165, 1.54) is 0 Å². The Bertz CT molecular complexity index is 830. The lowest BCUT2D eigenvalue weighted by Crippen LogP contribution is -2.30. The second-order valence-corrected chi connectivity index (χ2v) is 7.75. The number of likely N-dealkylation sites (tertiary alicyclic amines) is 1. The van der Waals surface area contributed by atoms with Crippen LogP contribution in [0.5, 0.6) is 0 Å². The zero-order valence-electron chi connectivity index (χ0n) is 13.1. The molecule has 24 heavy (non-hydrogen) atoms. The van der Waals surface area contributed by atoms with Crippen molar-refractivity contribution in [1.82, 2.24) is 4.90 Å². The van der Waals surface area contributed by atoms with Crippen LogP contribution in [0.1, 0.15) is 23.2 Å². The van der Waals surface area contributed by atoms with Crippen molar-refractivity contribution in [3.63, 3.8) is 0 Å². The van der Waals surface area contributed by atoms with Crippen LogP contribution >= 0.6 is 15.9 Å². The third kappa shape index (κ3) is 2.71. The molecule has 0 radical (unpaired) electrons. The fraction of sp³-hybridized carbons (Fsp3) is 0.368. The number of hydrogen-bond donors (Lipinski definition) is 1. The monoisotopic (exact) mass is 387 g/mol. The summed E-state index contributed by atoms with van der Waals surface area (Å²) >= 11 is 3.48. The average Bonchev–Trinajstić information content (AvgIpc) is 3.31. The molecular formula is C19H18BrNO3. The van der Waals surface area contributed by atoms with Crippen LogP contribution < -0.4 is 0 Å². The van der Waals surface area contributed by atoms with Gasteiger partial charge in [0.05, 0.1) is 5.92 Å². The molecule has 0 bridgehead atoms. The van der Waals surface area contributed by atoms with Gasteiger partial charge in [0.15, 0.2) is 0 Å². The van der Waals surface area contributed by atoms with E-state index in [-0.39, 0.29) is 11.8 Å². The van der Waals surface area contributed by atoms with E-state index in [2.05, 4.69) is 15.9 Å². The minimum Gasteiger partial charge on any atom is -0.481 e. The first-order chi connectivity index (χ1) is 11.5. The molecule has 0 aromatic heterocycles. The molecule has 124 valence electrons. The summed E-state index contributed by atoms with van der Waals surface area (Å²) in [6.45, 7) is 0.873. The summed E-state index contributed by atoms with van der Waals surface area (Å²) in [5, 5.41) is 11.4. The number of benzene rings is 2. The molecule has 4 nitrogen and oxygen atoms in total. The lowest BCUT2D eigenvalue weighted by atomic mass is 9.92. The Labute approximate surface area is 148 Å². The summed E-state index contributed by atoms with van der Waals surface area (Å²) in [5.41, 5.74) is 0.639. The van der Waals surface area contributed by atoms with Crippen molar-refractivity contribution in [3.8, 4) is 0 Å². The summed E-state index contributed by atoms with van der Waals surface area (Å²) in [5.74, 6) is -0.698. The molecule has 2 atom stereocenters. The fourth-order valence-corrected chi connectivity index (χ4v) is 4.35. The van der Waals surface area contributed by atoms with Gasteiger partial charge in [-0.2, -0.15) is 0 Å². The van der Waals surface area contributed by atoms with E-state index in [1.54, 1.807) is 4.90 Å². The van der Waals surface area contributed by atoms with Crippen molar-refractivity contribution >= 4 is 38.6 Å². The summed E-state index contributed by atoms with van der Waals surface area (Å²) in [6.07, 6.45) is 2.19. The molecule has 4 rings (SSSR count). The molecule has 1 aliphatic heterocycles. The van der Waals surface area contributed by atoms with Gasteiger partial charge in [0, 0.05) is 23.1 Å². The molecule has 1 saturated carbocycles. The molecule has 1 N–H and O–H groups in total. The van der Waals surface area contributed by atoms with Gasteiger partial charge < -0.3 is 10.0 Å². The molecule has 1 amide bonds. The van der Waals surface area contributed by atoms with Crippen molar-refractivity contribution in [2.24, 2.45) is 17.8 Å². The smallest absolute Gasteiger partial charge is 0.308 e. The number of carbonyl (C=O) groups is 2. The number of amides is 1. The first-order valence-electron chi connectivity index (χ1n) is 8.25. The van der Waals surface area contributed by atoms with Crippen LogP contribution in [0, 0.1) is 17.8 Å². The van der Waals surface area contributed by atoms with Gasteiger partial charge in [-0.05, 0) is 47.6 Å². The predicted molar refractivity (Wildman–Crippen MR) is 94.9 cm³/mol. The maximum absolute atomic E-state index is 13.1.